The molecular formula is C12H11N3O. The predicted octanol–water partition coefficient (Wildman–Crippen LogP) is 1.10. The Labute approximate surface area is 92.1 Å². The molecule has 0 spiro atoms. The second-order valence-corrected chi connectivity index (χ2v) is 3.83. The third-order valence-corrected chi connectivity index (χ3v) is 2.84. The SMILES string of the molecule is NC(=O)C1=CNCc2[nH]c3ccccc3c21. The first kappa shape index (κ1) is 9.03. The molecule has 4 heteroatoms. The average Bonchev–Trinajstić information content (AvgIpc) is 2.66. The molecule has 0 saturated heterocycles. The summed E-state index contributed by atoms with van der Waals surface area (Å²) in [7, 11) is 0. The molecule has 2 heterocycles. The second kappa shape index (κ2) is 3.13. The quantitative estimate of drug-likeness (QED) is 0.663. The molecule has 1 aliphatic heterocycles. The van der Waals surface area contributed by atoms with Crippen molar-refractivity contribution in [3.63, 3.8) is 0 Å². The molecule has 0 fully saturated rings. The number of nitrogens with one attached hydrogen (secondary N) is 2. The predicted molar refractivity (Wildman–Crippen MR) is 62.3 cm³/mol. The molecule has 3 rings (SSSR count). The zero-order valence-corrected chi connectivity index (χ0v) is 8.58. The van der Waals surface area contributed by atoms with E-state index >= 15 is 0 Å². The van der Waals surface area contributed by atoms with Crippen LogP contribution in [0.15, 0.2) is 30.5 Å². The zero-order chi connectivity index (χ0) is 11.1. The number of aromatic amines is 1. The topological polar surface area (TPSA) is 70.9 Å². The third kappa shape index (κ3) is 1.13. The Morgan fingerprint density at radius 1 is 1.31 bits per heavy atom. The Hall–Kier alpha value is -2.23. The summed E-state index contributed by atoms with van der Waals surface area (Å²) in [6.45, 7) is 0.695. The molecule has 0 unspecified atom stereocenters. The molecule has 0 aliphatic carbocycles. The van der Waals surface area contributed by atoms with E-state index in [0.29, 0.717) is 12.1 Å². The van der Waals surface area contributed by atoms with E-state index in [9.17, 15) is 4.79 Å². The summed E-state index contributed by atoms with van der Waals surface area (Å²) in [6.07, 6.45) is 1.69. The Kier molecular flexibility index (Phi) is 1.77. The van der Waals surface area contributed by atoms with E-state index in [1.165, 1.54) is 0 Å². The fourth-order valence-electron chi connectivity index (χ4n) is 2.16. The van der Waals surface area contributed by atoms with E-state index in [-0.39, 0.29) is 0 Å². The minimum atomic E-state index is -0.404. The fraction of sp³-hybridized carbons (Fsp3) is 0.0833. The molecule has 80 valence electrons. The van der Waals surface area contributed by atoms with Crippen molar-refractivity contribution in [2.75, 3.05) is 0 Å². The monoisotopic (exact) mass is 213 g/mol. The number of H-pyrrole nitrogens is 1. The Morgan fingerprint density at radius 3 is 2.94 bits per heavy atom. The highest BCUT2D eigenvalue weighted by Gasteiger charge is 2.21. The lowest BCUT2D eigenvalue weighted by atomic mass is 10.0. The number of nitrogens with two attached hydrogens (primary N) is 1. The Balaban J connectivity index is 2.35. The van der Waals surface area contributed by atoms with Crippen LogP contribution in [0.25, 0.3) is 16.5 Å². The van der Waals surface area contributed by atoms with Crippen LogP contribution in [-0.4, -0.2) is 10.9 Å². The standard InChI is InChI=1S/C12H11N3O/c13-12(16)8-5-14-6-10-11(8)7-3-1-2-4-9(7)15-10/h1-5,14-15H,6H2,(H2,13,16). The molecular weight excluding hydrogens is 202 g/mol. The number of benzene rings is 1. The first-order chi connectivity index (χ1) is 7.77. The molecule has 0 radical (unpaired) electrons. The number of carbonyl (C=O) groups excluding carboxylic acids is 1. The minimum absolute atomic E-state index is 0.404. The second-order valence-electron chi connectivity index (χ2n) is 3.83. The minimum Gasteiger partial charge on any atom is -0.385 e. The average molecular weight is 213 g/mol. The van der Waals surface area contributed by atoms with E-state index in [1.807, 2.05) is 24.3 Å². The van der Waals surface area contributed by atoms with Crippen LogP contribution >= 0.6 is 0 Å². The van der Waals surface area contributed by atoms with Crippen LogP contribution in [0.4, 0.5) is 0 Å². The van der Waals surface area contributed by atoms with E-state index in [0.717, 1.165) is 22.2 Å². The van der Waals surface area contributed by atoms with Crippen LogP contribution in [-0.2, 0) is 11.3 Å². The molecule has 4 nitrogen and oxygen atoms in total. The molecule has 4 N–H and O–H groups in total. The van der Waals surface area contributed by atoms with Crippen molar-refractivity contribution in [2.45, 2.75) is 6.54 Å². The van der Waals surface area contributed by atoms with Gasteiger partial charge in [-0.05, 0) is 6.07 Å². The molecule has 2 aromatic rings. The lowest BCUT2D eigenvalue weighted by Crippen LogP contribution is -2.21. The molecule has 16 heavy (non-hydrogen) atoms. The van der Waals surface area contributed by atoms with Crippen molar-refractivity contribution in [1.82, 2.24) is 10.3 Å². The number of para-hydroxylation sites is 1. The van der Waals surface area contributed by atoms with Gasteiger partial charge in [-0.25, -0.2) is 0 Å². The van der Waals surface area contributed by atoms with Gasteiger partial charge in [0.1, 0.15) is 0 Å². The van der Waals surface area contributed by atoms with Gasteiger partial charge in [-0.3, -0.25) is 4.79 Å². The first-order valence-corrected chi connectivity index (χ1v) is 5.10. The van der Waals surface area contributed by atoms with E-state index in [4.69, 9.17) is 5.73 Å². The van der Waals surface area contributed by atoms with E-state index in [1.54, 1.807) is 6.20 Å². The molecule has 0 saturated carbocycles. The van der Waals surface area contributed by atoms with Crippen molar-refractivity contribution in [3.05, 3.63) is 41.7 Å². The highest BCUT2D eigenvalue weighted by atomic mass is 16.1. The molecule has 1 aliphatic rings. The van der Waals surface area contributed by atoms with Crippen LogP contribution in [0.5, 0.6) is 0 Å². The molecule has 1 aromatic carbocycles. The van der Waals surface area contributed by atoms with Crippen LogP contribution in [0.2, 0.25) is 0 Å². The zero-order valence-electron chi connectivity index (χ0n) is 8.58. The third-order valence-electron chi connectivity index (χ3n) is 2.84. The van der Waals surface area contributed by atoms with E-state index < -0.39 is 5.91 Å². The number of carbonyl (C=O) groups is 1. The van der Waals surface area contributed by atoms with Crippen molar-refractivity contribution in [3.8, 4) is 0 Å². The lowest BCUT2D eigenvalue weighted by molar-refractivity contribution is -0.112. The number of hydrogen-bond acceptors (Lipinski definition) is 2. The van der Waals surface area contributed by atoms with Crippen LogP contribution in [0.1, 0.15) is 11.3 Å². The van der Waals surface area contributed by atoms with Crippen LogP contribution in [0, 0.1) is 0 Å². The summed E-state index contributed by atoms with van der Waals surface area (Å²) in [6, 6.07) is 7.90. The normalized spacial score (nSPS) is 14.1. The smallest absolute Gasteiger partial charge is 0.250 e. The number of fused-ring (bicyclic) bond motifs is 3. The summed E-state index contributed by atoms with van der Waals surface area (Å²) in [4.78, 5) is 14.6. The van der Waals surface area contributed by atoms with Crippen molar-refractivity contribution < 1.29 is 4.79 Å². The Morgan fingerprint density at radius 2 is 2.12 bits per heavy atom. The van der Waals surface area contributed by atoms with Crippen molar-refractivity contribution >= 4 is 22.4 Å². The maximum Gasteiger partial charge on any atom is 0.250 e. The maximum atomic E-state index is 11.4. The van der Waals surface area contributed by atoms with Gasteiger partial charge in [0.2, 0.25) is 0 Å². The summed E-state index contributed by atoms with van der Waals surface area (Å²) in [5, 5.41) is 4.08. The molecule has 1 amide bonds. The van der Waals surface area contributed by atoms with Gasteiger partial charge in [-0.2, -0.15) is 0 Å². The van der Waals surface area contributed by atoms with E-state index in [2.05, 4.69) is 10.3 Å². The number of amides is 1. The van der Waals surface area contributed by atoms with Gasteiger partial charge in [-0.1, -0.05) is 18.2 Å². The molecule has 0 atom stereocenters. The maximum absolute atomic E-state index is 11.4. The molecule has 1 aromatic heterocycles. The number of rotatable bonds is 1. The van der Waals surface area contributed by atoms with Crippen LogP contribution < -0.4 is 11.1 Å². The first-order valence-electron chi connectivity index (χ1n) is 5.10. The Bertz CT molecular complexity index is 610. The lowest BCUT2D eigenvalue weighted by Gasteiger charge is -2.13. The largest absolute Gasteiger partial charge is 0.385 e. The van der Waals surface area contributed by atoms with Crippen molar-refractivity contribution in [2.24, 2.45) is 5.73 Å². The van der Waals surface area contributed by atoms with Gasteiger partial charge in [0.05, 0.1) is 12.1 Å². The van der Waals surface area contributed by atoms with Gasteiger partial charge in [-0.15, -0.1) is 0 Å². The number of primary amides is 1. The summed E-state index contributed by atoms with van der Waals surface area (Å²) in [5.74, 6) is -0.404. The summed E-state index contributed by atoms with van der Waals surface area (Å²) >= 11 is 0. The van der Waals surface area contributed by atoms with Gasteiger partial charge in [0.15, 0.2) is 0 Å². The van der Waals surface area contributed by atoms with Gasteiger partial charge < -0.3 is 16.0 Å². The van der Waals surface area contributed by atoms with Gasteiger partial charge >= 0.3 is 0 Å². The summed E-state index contributed by atoms with van der Waals surface area (Å²) in [5.41, 5.74) is 8.89. The number of aromatic nitrogens is 1. The molecule has 0 bridgehead atoms. The number of hydrogen-bond donors (Lipinski definition) is 3. The van der Waals surface area contributed by atoms with Gasteiger partial charge in [0.25, 0.3) is 5.91 Å². The highest BCUT2D eigenvalue weighted by molar-refractivity contribution is 6.22. The van der Waals surface area contributed by atoms with Crippen LogP contribution in [0.3, 0.4) is 0 Å². The summed E-state index contributed by atoms with van der Waals surface area (Å²) < 4.78 is 0. The fourth-order valence-corrected chi connectivity index (χ4v) is 2.16. The highest BCUT2D eigenvalue weighted by Crippen LogP contribution is 2.30. The van der Waals surface area contributed by atoms with Gasteiger partial charge in [0, 0.05) is 28.4 Å². The van der Waals surface area contributed by atoms with Crippen molar-refractivity contribution in [1.29, 1.82) is 0 Å².